The van der Waals surface area contributed by atoms with Gasteiger partial charge in [-0.1, -0.05) is 24.3 Å². The van der Waals surface area contributed by atoms with Gasteiger partial charge in [-0.3, -0.25) is 19.7 Å². The van der Waals surface area contributed by atoms with Crippen LogP contribution in [-0.4, -0.2) is 78.8 Å². The monoisotopic (exact) mass is 770 g/mol. The molecule has 0 aliphatic carbocycles. The van der Waals surface area contributed by atoms with E-state index in [1.54, 1.807) is 37.2 Å². The van der Waals surface area contributed by atoms with Crippen molar-refractivity contribution in [1.82, 2.24) is 39.7 Å². The summed E-state index contributed by atoms with van der Waals surface area (Å²) in [5.74, 6) is 0.865. The predicted molar refractivity (Wildman–Crippen MR) is 231 cm³/mol. The normalized spacial score (nSPS) is 12.9. The van der Waals surface area contributed by atoms with Gasteiger partial charge < -0.3 is 26.6 Å². The number of nitrogen functional groups attached to an aromatic ring is 1. The number of hydrogen-bond acceptors (Lipinski definition) is 12. The number of likely N-dealkylation sites (N-methyl/N-ethyl adjacent to an activating group) is 1. The number of aryl methyl sites for hydroxylation is 2. The van der Waals surface area contributed by atoms with Gasteiger partial charge in [-0.05, 0) is 110 Å². The number of carbonyl (C=O) groups is 1. The highest BCUT2D eigenvalue weighted by molar-refractivity contribution is 6.04. The zero-order valence-electron chi connectivity index (χ0n) is 32.8. The van der Waals surface area contributed by atoms with Crippen molar-refractivity contribution in [2.45, 2.75) is 20.4 Å². The molecular weight excluding hydrogens is 725 g/mol. The molecule has 0 spiro atoms. The molecule has 0 unspecified atom stereocenters. The van der Waals surface area contributed by atoms with Crippen LogP contribution in [0, 0.1) is 13.8 Å². The summed E-state index contributed by atoms with van der Waals surface area (Å²) in [6, 6.07) is 30.7. The summed E-state index contributed by atoms with van der Waals surface area (Å²) in [6.07, 6.45) is 10.4. The van der Waals surface area contributed by atoms with Crippen LogP contribution >= 0.6 is 0 Å². The second-order valence-corrected chi connectivity index (χ2v) is 14.1. The molecule has 8 rings (SSSR count). The summed E-state index contributed by atoms with van der Waals surface area (Å²) in [4.78, 5) is 43.7. The summed E-state index contributed by atoms with van der Waals surface area (Å²) in [5, 5.41) is 9.49. The van der Waals surface area contributed by atoms with Crippen LogP contribution in [0.25, 0.3) is 22.5 Å². The van der Waals surface area contributed by atoms with Crippen molar-refractivity contribution in [1.29, 1.82) is 0 Å². The van der Waals surface area contributed by atoms with Crippen LogP contribution in [0.15, 0.2) is 134 Å². The Morgan fingerprint density at radius 3 is 1.81 bits per heavy atom. The number of rotatable bonds is 10. The van der Waals surface area contributed by atoms with Crippen molar-refractivity contribution < 1.29 is 4.79 Å². The molecule has 5 heterocycles. The van der Waals surface area contributed by atoms with E-state index >= 15 is 0 Å². The van der Waals surface area contributed by atoms with Crippen LogP contribution in [0.3, 0.4) is 0 Å². The van der Waals surface area contributed by atoms with Gasteiger partial charge in [0.15, 0.2) is 0 Å². The van der Waals surface area contributed by atoms with Gasteiger partial charge in [0.25, 0.3) is 5.91 Å². The summed E-state index contributed by atoms with van der Waals surface area (Å²) in [7, 11) is 2.16. The van der Waals surface area contributed by atoms with Gasteiger partial charge in [0.2, 0.25) is 11.9 Å². The standard InChI is InChI=1S/C29H31N7O.C16H15N5/c1-21-5-10-25(18-27(21)34-29-31-13-11-26(33-29)24-4-3-12-30-19-24)32-28(37)23-8-6-22(7-9-23)20-36-16-14-35(2)15-17-36;1-11-4-5-13(17)9-15(11)21-16-19-8-6-14(20-16)12-3-2-7-18-10-12/h3-13,18-19H,14-17,20H2,1-2H3,(H,32,37)(H,31,33,34);2-10H,17H2,1H3,(H,19,20,21). The molecule has 4 aromatic heterocycles. The van der Waals surface area contributed by atoms with Crippen molar-refractivity contribution >= 4 is 40.6 Å². The number of hydrogen-bond donors (Lipinski definition) is 4. The van der Waals surface area contributed by atoms with Gasteiger partial charge >= 0.3 is 0 Å². The lowest BCUT2D eigenvalue weighted by molar-refractivity contribution is 0.102. The Kier molecular flexibility index (Phi) is 12.6. The van der Waals surface area contributed by atoms with Gasteiger partial charge in [0.05, 0.1) is 11.4 Å². The lowest BCUT2D eigenvalue weighted by atomic mass is 10.1. The van der Waals surface area contributed by atoms with Crippen LogP contribution in [0.1, 0.15) is 27.0 Å². The SMILES string of the molecule is Cc1ccc(N)cc1Nc1nccc(-c2cccnc2)n1.Cc1ccc(NC(=O)c2ccc(CN3CCN(C)CC3)cc2)cc1Nc1nccc(-c2cccnc2)n1. The van der Waals surface area contributed by atoms with Gasteiger partial charge in [-0.15, -0.1) is 0 Å². The lowest BCUT2D eigenvalue weighted by Gasteiger charge is -2.32. The van der Waals surface area contributed by atoms with Gasteiger partial charge in [-0.25, -0.2) is 19.9 Å². The van der Waals surface area contributed by atoms with E-state index in [0.29, 0.717) is 28.8 Å². The molecule has 1 aliphatic heterocycles. The average Bonchev–Trinajstić information content (AvgIpc) is 3.25. The Hall–Kier alpha value is -7.09. The number of aromatic nitrogens is 6. The van der Waals surface area contributed by atoms with Gasteiger partial charge in [0, 0.05) is 109 Å². The first-order chi connectivity index (χ1) is 28.3. The predicted octanol–water partition coefficient (Wildman–Crippen LogP) is 7.76. The Labute approximate surface area is 338 Å². The van der Waals surface area contributed by atoms with Crippen LogP contribution < -0.4 is 21.7 Å². The molecule has 0 saturated carbocycles. The Bertz CT molecular complexity index is 2440. The zero-order valence-corrected chi connectivity index (χ0v) is 32.8. The summed E-state index contributed by atoms with van der Waals surface area (Å²) >= 11 is 0. The molecule has 1 fully saturated rings. The lowest BCUT2D eigenvalue weighted by Crippen LogP contribution is -2.43. The van der Waals surface area contributed by atoms with Crippen molar-refractivity contribution in [2.24, 2.45) is 0 Å². The fourth-order valence-corrected chi connectivity index (χ4v) is 6.27. The summed E-state index contributed by atoms with van der Waals surface area (Å²) < 4.78 is 0. The third-order valence-electron chi connectivity index (χ3n) is 9.69. The minimum atomic E-state index is -0.143. The number of carbonyl (C=O) groups excluding carboxylic acids is 1. The molecule has 0 radical (unpaired) electrons. The number of anilines is 6. The molecule has 7 aromatic rings. The number of pyridine rings is 2. The largest absolute Gasteiger partial charge is 0.399 e. The molecule has 0 atom stereocenters. The highest BCUT2D eigenvalue weighted by atomic mass is 16.1. The second-order valence-electron chi connectivity index (χ2n) is 14.1. The number of benzene rings is 3. The maximum atomic E-state index is 12.9. The molecule has 13 nitrogen and oxygen atoms in total. The van der Waals surface area contributed by atoms with E-state index in [1.807, 2.05) is 111 Å². The van der Waals surface area contributed by atoms with E-state index in [2.05, 4.69) is 62.7 Å². The fourth-order valence-electron chi connectivity index (χ4n) is 6.27. The minimum Gasteiger partial charge on any atom is -0.399 e. The third kappa shape index (κ3) is 10.6. The minimum absolute atomic E-state index is 0.143. The van der Waals surface area contributed by atoms with Crippen LogP contribution in [0.2, 0.25) is 0 Å². The van der Waals surface area contributed by atoms with Crippen LogP contribution in [-0.2, 0) is 6.54 Å². The van der Waals surface area contributed by atoms with Crippen molar-refractivity contribution in [3.63, 3.8) is 0 Å². The molecule has 1 aliphatic rings. The molecule has 0 bridgehead atoms. The first-order valence-corrected chi connectivity index (χ1v) is 19.0. The van der Waals surface area contributed by atoms with Crippen molar-refractivity contribution in [3.8, 4) is 22.5 Å². The number of nitrogens with one attached hydrogen (secondary N) is 3. The van der Waals surface area contributed by atoms with Crippen molar-refractivity contribution in [2.75, 3.05) is 54.9 Å². The van der Waals surface area contributed by atoms with Crippen LogP contribution in [0.4, 0.5) is 34.6 Å². The van der Waals surface area contributed by atoms with E-state index in [4.69, 9.17) is 5.73 Å². The average molecular weight is 771 g/mol. The molecule has 58 heavy (non-hydrogen) atoms. The Morgan fingerprint density at radius 2 is 1.24 bits per heavy atom. The first kappa shape index (κ1) is 39.2. The maximum absolute atomic E-state index is 12.9. The van der Waals surface area contributed by atoms with E-state index < -0.39 is 0 Å². The van der Waals surface area contributed by atoms with E-state index in [9.17, 15) is 4.79 Å². The Balaban J connectivity index is 0.000000206. The van der Waals surface area contributed by atoms with E-state index in [1.165, 1.54) is 5.56 Å². The quantitative estimate of drug-likeness (QED) is 0.100. The molecule has 3 aromatic carbocycles. The van der Waals surface area contributed by atoms with Crippen molar-refractivity contribution in [3.05, 3.63) is 156 Å². The maximum Gasteiger partial charge on any atom is 0.255 e. The number of piperazine rings is 1. The number of amides is 1. The van der Waals surface area contributed by atoms with Crippen LogP contribution in [0.5, 0.6) is 0 Å². The third-order valence-corrected chi connectivity index (χ3v) is 9.69. The smallest absolute Gasteiger partial charge is 0.255 e. The molecule has 1 saturated heterocycles. The fraction of sp³-hybridized carbons (Fsp3) is 0.178. The highest BCUT2D eigenvalue weighted by Gasteiger charge is 2.15. The molecular formula is C45H46N12O. The summed E-state index contributed by atoms with van der Waals surface area (Å²) in [5.41, 5.74) is 16.4. The van der Waals surface area contributed by atoms with E-state index in [-0.39, 0.29) is 5.91 Å². The molecule has 5 N–H and O–H groups in total. The summed E-state index contributed by atoms with van der Waals surface area (Å²) in [6.45, 7) is 9.24. The van der Waals surface area contributed by atoms with Gasteiger partial charge in [-0.2, -0.15) is 0 Å². The zero-order chi connectivity index (χ0) is 40.3. The van der Waals surface area contributed by atoms with Gasteiger partial charge in [0.1, 0.15) is 0 Å². The highest BCUT2D eigenvalue weighted by Crippen LogP contribution is 2.26. The Morgan fingerprint density at radius 1 is 0.672 bits per heavy atom. The van der Waals surface area contributed by atoms with E-state index in [0.717, 1.165) is 77.7 Å². The number of nitrogens with zero attached hydrogens (tertiary/aromatic N) is 8. The number of nitrogens with two attached hydrogens (primary N) is 1. The second kappa shape index (κ2) is 18.7. The molecule has 292 valence electrons. The topological polar surface area (TPSA) is 163 Å². The first-order valence-electron chi connectivity index (χ1n) is 19.0. The molecule has 1 amide bonds. The molecule has 13 heteroatoms.